The average molecular weight is 282 g/mol. The molecular weight excluding hydrogens is 262 g/mol. The second-order valence-electron chi connectivity index (χ2n) is 5.56. The molecule has 104 valence electrons. The average Bonchev–Trinajstić information content (AvgIpc) is 2.47. The number of aromatic nitrogens is 1. The van der Waals surface area contributed by atoms with Gasteiger partial charge in [0.2, 0.25) is 0 Å². The van der Waals surface area contributed by atoms with Gasteiger partial charge in [0, 0.05) is 45.0 Å². The van der Waals surface area contributed by atoms with Gasteiger partial charge in [-0.05, 0) is 30.9 Å². The van der Waals surface area contributed by atoms with Gasteiger partial charge in [0.1, 0.15) is 5.82 Å². The molecule has 2 aliphatic heterocycles. The third kappa shape index (κ3) is 2.86. The van der Waals surface area contributed by atoms with Crippen molar-refractivity contribution in [1.82, 2.24) is 9.88 Å². The van der Waals surface area contributed by atoms with Crippen LogP contribution in [0.5, 0.6) is 0 Å². The number of halogens is 1. The largest absolute Gasteiger partial charge is 0.396 e. The van der Waals surface area contributed by atoms with E-state index < -0.39 is 0 Å². The summed E-state index contributed by atoms with van der Waals surface area (Å²) in [6, 6.07) is 4.50. The van der Waals surface area contributed by atoms with E-state index >= 15 is 0 Å². The van der Waals surface area contributed by atoms with Crippen LogP contribution in [-0.4, -0.2) is 53.8 Å². The first kappa shape index (κ1) is 13.2. The summed E-state index contributed by atoms with van der Waals surface area (Å²) >= 11 is 5.88. The summed E-state index contributed by atoms with van der Waals surface area (Å²) in [5.41, 5.74) is 0. The van der Waals surface area contributed by atoms with Crippen LogP contribution in [0.1, 0.15) is 12.8 Å². The van der Waals surface area contributed by atoms with Crippen LogP contribution in [0, 0.1) is 5.92 Å². The van der Waals surface area contributed by atoms with Gasteiger partial charge in [0.25, 0.3) is 0 Å². The second-order valence-corrected chi connectivity index (χ2v) is 5.99. The summed E-state index contributed by atoms with van der Waals surface area (Å²) in [5, 5.41) is 9.96. The van der Waals surface area contributed by atoms with Gasteiger partial charge >= 0.3 is 0 Å². The Bertz CT molecular complexity index is 425. The summed E-state index contributed by atoms with van der Waals surface area (Å²) in [4.78, 5) is 9.27. The molecule has 1 aromatic heterocycles. The van der Waals surface area contributed by atoms with Gasteiger partial charge in [-0.15, -0.1) is 0 Å². The molecule has 2 aliphatic rings. The molecule has 19 heavy (non-hydrogen) atoms. The van der Waals surface area contributed by atoms with Crippen molar-refractivity contribution in [1.29, 1.82) is 0 Å². The number of anilines is 1. The fraction of sp³-hybridized carbons (Fsp3) is 0.643. The maximum absolute atomic E-state index is 9.28. The maximum Gasteiger partial charge on any atom is 0.128 e. The van der Waals surface area contributed by atoms with Crippen LogP contribution in [0.3, 0.4) is 0 Å². The first-order chi connectivity index (χ1) is 9.26. The molecule has 0 aliphatic carbocycles. The summed E-state index contributed by atoms with van der Waals surface area (Å²) < 4.78 is 0. The highest BCUT2D eigenvalue weighted by Gasteiger charge is 2.32. The van der Waals surface area contributed by atoms with Crippen LogP contribution in [0.25, 0.3) is 0 Å². The van der Waals surface area contributed by atoms with Crippen molar-refractivity contribution >= 4 is 17.4 Å². The molecular formula is C14H20ClN3O. The molecule has 3 rings (SSSR count). The SMILES string of the molecule is OC[C@@H]1CC[C@H]2CN(c3ccc(Cl)cn3)CCN2C1. The molecule has 2 saturated heterocycles. The molecule has 2 atom stereocenters. The number of hydrogen-bond acceptors (Lipinski definition) is 4. The monoisotopic (exact) mass is 281 g/mol. The molecule has 1 N–H and O–H groups in total. The van der Waals surface area contributed by atoms with Gasteiger partial charge < -0.3 is 10.0 Å². The number of fused-ring (bicyclic) bond motifs is 1. The van der Waals surface area contributed by atoms with Crippen molar-refractivity contribution in [3.63, 3.8) is 0 Å². The molecule has 0 unspecified atom stereocenters. The number of pyridine rings is 1. The quantitative estimate of drug-likeness (QED) is 0.894. The first-order valence-electron chi connectivity index (χ1n) is 6.97. The summed E-state index contributed by atoms with van der Waals surface area (Å²) in [6.07, 6.45) is 4.03. The van der Waals surface area contributed by atoms with Crippen LogP contribution < -0.4 is 4.90 Å². The van der Waals surface area contributed by atoms with Crippen LogP contribution in [0.2, 0.25) is 5.02 Å². The molecule has 4 nitrogen and oxygen atoms in total. The van der Waals surface area contributed by atoms with Crippen LogP contribution >= 0.6 is 11.6 Å². The number of piperazine rings is 1. The number of aliphatic hydroxyl groups is 1. The third-order valence-electron chi connectivity index (χ3n) is 4.30. The summed E-state index contributed by atoms with van der Waals surface area (Å²) in [6.45, 7) is 4.47. The van der Waals surface area contributed by atoms with Crippen molar-refractivity contribution in [3.05, 3.63) is 23.4 Å². The van der Waals surface area contributed by atoms with Crippen molar-refractivity contribution < 1.29 is 5.11 Å². The number of nitrogens with zero attached hydrogens (tertiary/aromatic N) is 3. The van der Waals surface area contributed by atoms with Crippen LogP contribution in [0.4, 0.5) is 5.82 Å². The molecule has 2 fully saturated rings. The Balaban J connectivity index is 1.65. The third-order valence-corrected chi connectivity index (χ3v) is 4.52. The minimum Gasteiger partial charge on any atom is -0.396 e. The Morgan fingerprint density at radius 3 is 2.89 bits per heavy atom. The molecule has 0 amide bonds. The van der Waals surface area contributed by atoms with Crippen LogP contribution in [0.15, 0.2) is 18.3 Å². The highest BCUT2D eigenvalue weighted by molar-refractivity contribution is 6.30. The van der Waals surface area contributed by atoms with E-state index in [0.29, 0.717) is 23.6 Å². The van der Waals surface area contributed by atoms with Crippen molar-refractivity contribution in [2.24, 2.45) is 5.92 Å². The standard InChI is InChI=1S/C14H20ClN3O/c15-12-2-4-14(16-7-12)18-6-5-17-8-11(10-19)1-3-13(17)9-18/h2,4,7,11,13,19H,1,3,5-6,8-10H2/t11-,13+/m1/s1. The zero-order valence-corrected chi connectivity index (χ0v) is 11.8. The minimum absolute atomic E-state index is 0.325. The van der Waals surface area contributed by atoms with Gasteiger partial charge in [-0.1, -0.05) is 11.6 Å². The number of hydrogen-bond donors (Lipinski definition) is 1. The highest BCUT2D eigenvalue weighted by Crippen LogP contribution is 2.27. The Morgan fingerprint density at radius 1 is 1.26 bits per heavy atom. The fourth-order valence-electron chi connectivity index (χ4n) is 3.17. The molecule has 1 aromatic rings. The van der Waals surface area contributed by atoms with E-state index in [2.05, 4.69) is 14.8 Å². The van der Waals surface area contributed by atoms with Gasteiger partial charge in [-0.25, -0.2) is 4.98 Å². The minimum atomic E-state index is 0.325. The van der Waals surface area contributed by atoms with Gasteiger partial charge in [0.15, 0.2) is 0 Å². The second kappa shape index (κ2) is 5.65. The lowest BCUT2D eigenvalue weighted by Crippen LogP contribution is -2.57. The number of rotatable bonds is 2. The molecule has 0 bridgehead atoms. The van der Waals surface area contributed by atoms with E-state index in [-0.39, 0.29) is 0 Å². The van der Waals surface area contributed by atoms with Crippen molar-refractivity contribution in [2.45, 2.75) is 18.9 Å². The van der Waals surface area contributed by atoms with E-state index in [1.54, 1.807) is 6.20 Å². The maximum atomic E-state index is 9.28. The predicted octanol–water partition coefficient (Wildman–Crippen LogP) is 1.63. The lowest BCUT2D eigenvalue weighted by atomic mass is 9.91. The fourth-order valence-corrected chi connectivity index (χ4v) is 3.28. The number of piperidine rings is 1. The Labute approximate surface area is 119 Å². The molecule has 3 heterocycles. The Hall–Kier alpha value is -0.840. The molecule has 0 spiro atoms. The topological polar surface area (TPSA) is 39.6 Å². The smallest absolute Gasteiger partial charge is 0.128 e. The number of aliphatic hydroxyl groups excluding tert-OH is 1. The molecule has 0 aromatic carbocycles. The zero-order chi connectivity index (χ0) is 13.2. The van der Waals surface area contributed by atoms with E-state index in [0.717, 1.165) is 38.4 Å². The van der Waals surface area contributed by atoms with E-state index in [1.807, 2.05) is 12.1 Å². The van der Waals surface area contributed by atoms with Gasteiger partial charge in [-0.2, -0.15) is 0 Å². The Kier molecular flexibility index (Phi) is 3.91. The lowest BCUT2D eigenvalue weighted by molar-refractivity contribution is 0.0672. The zero-order valence-electron chi connectivity index (χ0n) is 11.0. The molecule has 0 radical (unpaired) electrons. The van der Waals surface area contributed by atoms with E-state index in [1.165, 1.54) is 6.42 Å². The highest BCUT2D eigenvalue weighted by atomic mass is 35.5. The predicted molar refractivity (Wildman–Crippen MR) is 76.6 cm³/mol. The summed E-state index contributed by atoms with van der Waals surface area (Å²) in [5.74, 6) is 1.49. The van der Waals surface area contributed by atoms with E-state index in [4.69, 9.17) is 11.6 Å². The lowest BCUT2D eigenvalue weighted by Gasteiger charge is -2.46. The van der Waals surface area contributed by atoms with Crippen molar-refractivity contribution in [3.8, 4) is 0 Å². The molecule has 5 heteroatoms. The van der Waals surface area contributed by atoms with Gasteiger partial charge in [-0.3, -0.25) is 4.90 Å². The normalized spacial score (nSPS) is 28.2. The van der Waals surface area contributed by atoms with Gasteiger partial charge in [0.05, 0.1) is 5.02 Å². The first-order valence-corrected chi connectivity index (χ1v) is 7.35. The summed E-state index contributed by atoms with van der Waals surface area (Å²) in [7, 11) is 0. The molecule has 0 saturated carbocycles. The van der Waals surface area contributed by atoms with Crippen LogP contribution in [-0.2, 0) is 0 Å². The van der Waals surface area contributed by atoms with Crippen molar-refractivity contribution in [2.75, 3.05) is 37.7 Å². The van der Waals surface area contributed by atoms with E-state index in [9.17, 15) is 5.11 Å². The Morgan fingerprint density at radius 2 is 2.16 bits per heavy atom.